The number of aromatic nitrogens is 3. The number of rotatable bonds is 9. The van der Waals surface area contributed by atoms with E-state index in [4.69, 9.17) is 5.41 Å². The summed E-state index contributed by atoms with van der Waals surface area (Å²) in [6.07, 6.45) is 10.3. The average molecular weight is 386 g/mol. The van der Waals surface area contributed by atoms with Gasteiger partial charge in [-0.3, -0.25) is 10.4 Å². The second kappa shape index (κ2) is 8.92. The van der Waals surface area contributed by atoms with E-state index in [-0.39, 0.29) is 0 Å². The molecule has 2 aromatic heterocycles. The molecule has 0 unspecified atom stereocenters. The Labute approximate surface area is 169 Å². The Morgan fingerprint density at radius 1 is 1.07 bits per heavy atom. The summed E-state index contributed by atoms with van der Waals surface area (Å²) in [4.78, 5) is 12.5. The number of anilines is 4. The van der Waals surface area contributed by atoms with Crippen LogP contribution in [-0.4, -0.2) is 33.9 Å². The van der Waals surface area contributed by atoms with Crippen LogP contribution in [0.4, 0.5) is 23.0 Å². The van der Waals surface area contributed by atoms with Gasteiger partial charge in [-0.15, -0.1) is 0 Å². The normalized spacial score (nSPS) is 13.2. The molecule has 1 fully saturated rings. The molecule has 0 spiro atoms. The smallest absolute Gasteiger partial charge is 0.160 e. The number of benzene rings is 1. The first-order chi connectivity index (χ1) is 14.3. The SMILES string of the molecule is N=Cc1c(N/N=C/c2ccncc2)ncnc1Nc1cccc(NCC2CC2)c1. The maximum absolute atomic E-state index is 7.80. The van der Waals surface area contributed by atoms with E-state index in [1.165, 1.54) is 25.4 Å². The van der Waals surface area contributed by atoms with Gasteiger partial charge in [-0.2, -0.15) is 5.10 Å². The second-order valence-corrected chi connectivity index (χ2v) is 6.81. The molecule has 29 heavy (non-hydrogen) atoms. The zero-order chi connectivity index (χ0) is 19.9. The highest BCUT2D eigenvalue weighted by Gasteiger charge is 2.20. The number of nitrogens with one attached hydrogen (secondary N) is 4. The molecule has 0 amide bonds. The van der Waals surface area contributed by atoms with Crippen LogP contribution in [0.5, 0.6) is 0 Å². The van der Waals surface area contributed by atoms with Crippen LogP contribution in [0.2, 0.25) is 0 Å². The molecular formula is C21H22N8. The lowest BCUT2D eigenvalue weighted by molar-refractivity contribution is 0.889. The Bertz CT molecular complexity index is 999. The summed E-state index contributed by atoms with van der Waals surface area (Å²) >= 11 is 0. The van der Waals surface area contributed by atoms with Gasteiger partial charge in [0, 0.05) is 36.5 Å². The fourth-order valence-corrected chi connectivity index (χ4v) is 2.77. The van der Waals surface area contributed by atoms with Crippen molar-refractivity contribution in [2.24, 2.45) is 11.0 Å². The first kappa shape index (κ1) is 18.5. The van der Waals surface area contributed by atoms with Crippen molar-refractivity contribution < 1.29 is 0 Å². The lowest BCUT2D eigenvalue weighted by Crippen LogP contribution is -2.06. The van der Waals surface area contributed by atoms with Gasteiger partial charge in [0.25, 0.3) is 0 Å². The fourth-order valence-electron chi connectivity index (χ4n) is 2.77. The van der Waals surface area contributed by atoms with Gasteiger partial charge < -0.3 is 16.0 Å². The third-order valence-corrected chi connectivity index (χ3v) is 4.54. The molecule has 2 heterocycles. The predicted molar refractivity (Wildman–Crippen MR) is 116 cm³/mol. The molecule has 1 aliphatic rings. The van der Waals surface area contributed by atoms with E-state index < -0.39 is 0 Å². The summed E-state index contributed by atoms with van der Waals surface area (Å²) in [6, 6.07) is 11.7. The Morgan fingerprint density at radius 2 is 1.86 bits per heavy atom. The monoisotopic (exact) mass is 386 g/mol. The zero-order valence-corrected chi connectivity index (χ0v) is 15.8. The van der Waals surface area contributed by atoms with Crippen LogP contribution in [0.3, 0.4) is 0 Å². The predicted octanol–water partition coefficient (Wildman–Crippen LogP) is 3.88. The van der Waals surface area contributed by atoms with Crippen molar-refractivity contribution in [1.82, 2.24) is 15.0 Å². The van der Waals surface area contributed by atoms with Gasteiger partial charge in [0.1, 0.15) is 12.1 Å². The first-order valence-electron chi connectivity index (χ1n) is 9.47. The van der Waals surface area contributed by atoms with E-state index in [0.29, 0.717) is 17.2 Å². The van der Waals surface area contributed by atoms with Gasteiger partial charge in [0.2, 0.25) is 0 Å². The third kappa shape index (κ3) is 5.13. The van der Waals surface area contributed by atoms with Crippen molar-refractivity contribution in [2.75, 3.05) is 22.6 Å². The molecule has 3 aromatic rings. The number of nitrogens with zero attached hydrogens (tertiary/aromatic N) is 4. The standard InChI is InChI=1S/C21H22N8/c22-11-19-20(28-18-3-1-2-17(10-18)24-12-15-4-5-15)25-14-26-21(19)29-27-13-16-6-8-23-9-7-16/h1-3,6-11,13-15,22,24H,4-5,12H2,(H2,25,26,28,29)/b22-11?,27-13+. The maximum Gasteiger partial charge on any atom is 0.160 e. The quantitative estimate of drug-likeness (QED) is 0.328. The number of hydrogen-bond acceptors (Lipinski definition) is 8. The molecule has 8 nitrogen and oxygen atoms in total. The van der Waals surface area contributed by atoms with E-state index in [1.807, 2.05) is 36.4 Å². The molecule has 146 valence electrons. The van der Waals surface area contributed by atoms with Crippen molar-refractivity contribution in [3.8, 4) is 0 Å². The maximum atomic E-state index is 7.80. The summed E-state index contributed by atoms with van der Waals surface area (Å²) in [7, 11) is 0. The minimum atomic E-state index is 0.450. The molecular weight excluding hydrogens is 364 g/mol. The van der Waals surface area contributed by atoms with Crippen LogP contribution in [0.25, 0.3) is 0 Å². The van der Waals surface area contributed by atoms with Crippen LogP contribution >= 0.6 is 0 Å². The fraction of sp³-hybridized carbons (Fsp3) is 0.190. The zero-order valence-electron chi connectivity index (χ0n) is 15.8. The summed E-state index contributed by atoms with van der Waals surface area (Å²) in [5, 5.41) is 18.7. The van der Waals surface area contributed by atoms with E-state index in [9.17, 15) is 0 Å². The molecule has 1 aromatic carbocycles. The molecule has 0 bridgehead atoms. The van der Waals surface area contributed by atoms with E-state index in [1.54, 1.807) is 18.6 Å². The molecule has 4 N–H and O–H groups in total. The van der Waals surface area contributed by atoms with Crippen molar-refractivity contribution in [2.45, 2.75) is 12.8 Å². The Balaban J connectivity index is 1.47. The summed E-state index contributed by atoms with van der Waals surface area (Å²) < 4.78 is 0. The van der Waals surface area contributed by atoms with Crippen molar-refractivity contribution in [3.63, 3.8) is 0 Å². The highest BCUT2D eigenvalue weighted by atomic mass is 15.3. The van der Waals surface area contributed by atoms with Gasteiger partial charge in [-0.05, 0) is 54.7 Å². The summed E-state index contributed by atoms with van der Waals surface area (Å²) in [5.74, 6) is 1.79. The highest BCUT2D eigenvalue weighted by Crippen LogP contribution is 2.29. The summed E-state index contributed by atoms with van der Waals surface area (Å²) in [5.41, 5.74) is 6.27. The van der Waals surface area contributed by atoms with Crippen molar-refractivity contribution in [1.29, 1.82) is 5.41 Å². The molecule has 0 saturated heterocycles. The van der Waals surface area contributed by atoms with Gasteiger partial charge in [-0.25, -0.2) is 9.97 Å². The van der Waals surface area contributed by atoms with Gasteiger partial charge >= 0.3 is 0 Å². The Morgan fingerprint density at radius 3 is 2.66 bits per heavy atom. The first-order valence-corrected chi connectivity index (χ1v) is 9.47. The van der Waals surface area contributed by atoms with Gasteiger partial charge in [0.05, 0.1) is 11.8 Å². The Hall–Kier alpha value is -3.81. The average Bonchev–Trinajstić information content (AvgIpc) is 3.58. The van der Waals surface area contributed by atoms with E-state index in [0.717, 1.165) is 29.4 Å². The van der Waals surface area contributed by atoms with Crippen LogP contribution in [-0.2, 0) is 0 Å². The molecule has 1 saturated carbocycles. The minimum Gasteiger partial charge on any atom is -0.385 e. The third-order valence-electron chi connectivity index (χ3n) is 4.54. The molecule has 0 atom stereocenters. The molecule has 1 aliphatic carbocycles. The van der Waals surface area contributed by atoms with E-state index in [2.05, 4.69) is 36.1 Å². The van der Waals surface area contributed by atoms with Crippen LogP contribution in [0.1, 0.15) is 24.0 Å². The molecule has 8 heteroatoms. The van der Waals surface area contributed by atoms with Crippen LogP contribution < -0.4 is 16.1 Å². The van der Waals surface area contributed by atoms with Crippen molar-refractivity contribution in [3.05, 3.63) is 66.2 Å². The van der Waals surface area contributed by atoms with Crippen molar-refractivity contribution >= 4 is 35.4 Å². The number of pyridine rings is 1. The lowest BCUT2D eigenvalue weighted by Gasteiger charge is -2.12. The lowest BCUT2D eigenvalue weighted by atomic mass is 10.2. The molecule has 0 aliphatic heterocycles. The second-order valence-electron chi connectivity index (χ2n) is 6.81. The highest BCUT2D eigenvalue weighted by molar-refractivity contribution is 5.92. The molecule has 0 radical (unpaired) electrons. The van der Waals surface area contributed by atoms with Gasteiger partial charge in [0.15, 0.2) is 5.82 Å². The molecule has 4 rings (SSSR count). The topological polar surface area (TPSA) is 111 Å². The Kier molecular flexibility index (Phi) is 5.70. The number of hydrazone groups is 1. The summed E-state index contributed by atoms with van der Waals surface area (Å²) in [6.45, 7) is 1.01. The van der Waals surface area contributed by atoms with Crippen LogP contribution in [0.15, 0.2) is 60.2 Å². The largest absolute Gasteiger partial charge is 0.385 e. The minimum absolute atomic E-state index is 0.450. The van der Waals surface area contributed by atoms with E-state index >= 15 is 0 Å². The number of hydrogen-bond donors (Lipinski definition) is 4. The van der Waals surface area contributed by atoms with Gasteiger partial charge in [-0.1, -0.05) is 6.07 Å². The van der Waals surface area contributed by atoms with Crippen LogP contribution in [0, 0.1) is 11.3 Å².